The predicted molar refractivity (Wildman–Crippen MR) is 63.5 cm³/mol. The molecule has 0 aliphatic heterocycles. The highest BCUT2D eigenvalue weighted by atomic mass is 15.0. The molecule has 1 heteroatoms. The summed E-state index contributed by atoms with van der Waals surface area (Å²) in [5.74, 6) is 0.991. The van der Waals surface area contributed by atoms with Gasteiger partial charge in [-0.3, -0.25) is 0 Å². The lowest BCUT2D eigenvalue weighted by Crippen LogP contribution is -2.46. The van der Waals surface area contributed by atoms with Crippen LogP contribution in [0, 0.1) is 5.92 Å². The van der Waals surface area contributed by atoms with Gasteiger partial charge in [0.15, 0.2) is 0 Å². The van der Waals surface area contributed by atoms with E-state index < -0.39 is 0 Å². The number of nitrogens with one attached hydrogen (secondary N) is 1. The summed E-state index contributed by atoms with van der Waals surface area (Å²) in [5.41, 5.74) is 0.382. The molecule has 0 aromatic carbocycles. The first-order valence-corrected chi connectivity index (χ1v) is 6.41. The Kier molecular flexibility index (Phi) is 4.43. The van der Waals surface area contributed by atoms with Crippen LogP contribution in [0.25, 0.3) is 0 Å². The summed E-state index contributed by atoms with van der Waals surface area (Å²) in [6, 6.07) is 0.796. The van der Waals surface area contributed by atoms with E-state index in [1.807, 2.05) is 0 Å². The fraction of sp³-hybridized carbons (Fsp3) is 1.00. The second kappa shape index (κ2) is 5.16. The normalized spacial score (nSPS) is 28.3. The summed E-state index contributed by atoms with van der Waals surface area (Å²) >= 11 is 0. The Bertz CT molecular complexity index is 161. The molecular weight excluding hydrogens is 170 g/mol. The Morgan fingerprint density at radius 1 is 1.14 bits per heavy atom. The van der Waals surface area contributed by atoms with Crippen LogP contribution < -0.4 is 5.32 Å². The summed E-state index contributed by atoms with van der Waals surface area (Å²) in [4.78, 5) is 0. The van der Waals surface area contributed by atoms with Crippen LogP contribution in [0.1, 0.15) is 66.2 Å². The first kappa shape index (κ1) is 12.0. The molecule has 0 bridgehead atoms. The van der Waals surface area contributed by atoms with E-state index in [1.54, 1.807) is 0 Å². The topological polar surface area (TPSA) is 12.0 Å². The van der Waals surface area contributed by atoms with Gasteiger partial charge in [0.25, 0.3) is 0 Å². The lowest BCUT2D eigenvalue weighted by Gasteiger charge is -2.32. The number of rotatable bonds is 5. The van der Waals surface area contributed by atoms with Gasteiger partial charge >= 0.3 is 0 Å². The average molecular weight is 197 g/mol. The van der Waals surface area contributed by atoms with Crippen molar-refractivity contribution in [1.29, 1.82) is 0 Å². The Labute approximate surface area is 89.7 Å². The van der Waals surface area contributed by atoms with Crippen LogP contribution in [0.5, 0.6) is 0 Å². The molecule has 0 spiro atoms. The summed E-state index contributed by atoms with van der Waals surface area (Å²) in [7, 11) is 0. The standard InChI is InChI=1S/C13H27N/c1-5-11-8-9-12(10-11)14-13(4,6-2)7-3/h11-12,14H,5-10H2,1-4H3. The van der Waals surface area contributed by atoms with Crippen LogP contribution in [0.4, 0.5) is 0 Å². The van der Waals surface area contributed by atoms with Crippen LogP contribution in [-0.2, 0) is 0 Å². The van der Waals surface area contributed by atoms with Gasteiger partial charge in [-0.2, -0.15) is 0 Å². The Morgan fingerprint density at radius 2 is 1.79 bits per heavy atom. The molecule has 1 fully saturated rings. The first-order chi connectivity index (χ1) is 6.63. The van der Waals surface area contributed by atoms with Gasteiger partial charge in [0.1, 0.15) is 0 Å². The predicted octanol–water partition coefficient (Wildman–Crippen LogP) is 3.73. The van der Waals surface area contributed by atoms with Gasteiger partial charge in [0.05, 0.1) is 0 Å². The van der Waals surface area contributed by atoms with Crippen molar-refractivity contribution in [3.05, 3.63) is 0 Å². The zero-order chi connectivity index (χ0) is 10.6. The zero-order valence-corrected chi connectivity index (χ0v) is 10.4. The van der Waals surface area contributed by atoms with Crippen molar-refractivity contribution in [1.82, 2.24) is 5.32 Å². The molecule has 0 aromatic heterocycles. The van der Waals surface area contributed by atoms with Gasteiger partial charge in [-0.15, -0.1) is 0 Å². The molecule has 0 radical (unpaired) electrons. The first-order valence-electron chi connectivity index (χ1n) is 6.41. The van der Waals surface area contributed by atoms with Gasteiger partial charge < -0.3 is 5.32 Å². The van der Waals surface area contributed by atoms with Crippen LogP contribution in [0.3, 0.4) is 0 Å². The average Bonchev–Trinajstić information content (AvgIpc) is 2.65. The fourth-order valence-corrected chi connectivity index (χ4v) is 2.52. The van der Waals surface area contributed by atoms with Gasteiger partial charge in [-0.25, -0.2) is 0 Å². The molecule has 1 nitrogen and oxygen atoms in total. The molecule has 2 atom stereocenters. The maximum Gasteiger partial charge on any atom is 0.0150 e. The third kappa shape index (κ3) is 2.98. The maximum absolute atomic E-state index is 3.86. The molecule has 1 rings (SSSR count). The van der Waals surface area contributed by atoms with Crippen molar-refractivity contribution >= 4 is 0 Å². The molecule has 1 saturated carbocycles. The molecule has 0 heterocycles. The molecule has 2 unspecified atom stereocenters. The third-order valence-corrected chi connectivity index (χ3v) is 4.23. The molecule has 1 aliphatic rings. The highest BCUT2D eigenvalue weighted by Gasteiger charge is 2.28. The van der Waals surface area contributed by atoms with Crippen molar-refractivity contribution in [2.24, 2.45) is 5.92 Å². The maximum atomic E-state index is 3.86. The monoisotopic (exact) mass is 197 g/mol. The van der Waals surface area contributed by atoms with E-state index in [0.29, 0.717) is 5.54 Å². The number of hydrogen-bond acceptors (Lipinski definition) is 1. The minimum Gasteiger partial charge on any atom is -0.309 e. The number of hydrogen-bond donors (Lipinski definition) is 1. The fourth-order valence-electron chi connectivity index (χ4n) is 2.52. The van der Waals surface area contributed by atoms with Crippen molar-refractivity contribution in [3.8, 4) is 0 Å². The van der Waals surface area contributed by atoms with E-state index in [-0.39, 0.29) is 0 Å². The van der Waals surface area contributed by atoms with E-state index in [4.69, 9.17) is 0 Å². The van der Waals surface area contributed by atoms with Crippen LogP contribution in [0.2, 0.25) is 0 Å². The summed E-state index contributed by atoms with van der Waals surface area (Å²) < 4.78 is 0. The lowest BCUT2D eigenvalue weighted by molar-refractivity contribution is 0.285. The SMILES string of the molecule is CCC1CCC(NC(C)(CC)CC)C1. The van der Waals surface area contributed by atoms with E-state index in [2.05, 4.69) is 33.0 Å². The van der Waals surface area contributed by atoms with Gasteiger partial charge in [-0.05, 0) is 44.9 Å². The van der Waals surface area contributed by atoms with Gasteiger partial charge in [-0.1, -0.05) is 27.2 Å². The second-order valence-electron chi connectivity index (χ2n) is 5.20. The van der Waals surface area contributed by atoms with Crippen molar-refractivity contribution in [2.45, 2.75) is 77.8 Å². The van der Waals surface area contributed by atoms with Crippen molar-refractivity contribution in [2.75, 3.05) is 0 Å². The van der Waals surface area contributed by atoms with E-state index >= 15 is 0 Å². The van der Waals surface area contributed by atoms with E-state index in [1.165, 1.54) is 38.5 Å². The Morgan fingerprint density at radius 3 is 2.21 bits per heavy atom. The minimum absolute atomic E-state index is 0.382. The summed E-state index contributed by atoms with van der Waals surface area (Å²) in [6.45, 7) is 9.28. The summed E-state index contributed by atoms with van der Waals surface area (Å²) in [5, 5.41) is 3.86. The summed E-state index contributed by atoms with van der Waals surface area (Å²) in [6.07, 6.45) is 8.11. The highest BCUT2D eigenvalue weighted by molar-refractivity contribution is 4.88. The van der Waals surface area contributed by atoms with Gasteiger partial charge in [0.2, 0.25) is 0 Å². The molecule has 0 aromatic rings. The molecule has 84 valence electrons. The van der Waals surface area contributed by atoms with Crippen LogP contribution in [-0.4, -0.2) is 11.6 Å². The molecule has 0 saturated heterocycles. The second-order valence-corrected chi connectivity index (χ2v) is 5.20. The quantitative estimate of drug-likeness (QED) is 0.708. The van der Waals surface area contributed by atoms with Crippen molar-refractivity contribution < 1.29 is 0 Å². The van der Waals surface area contributed by atoms with Gasteiger partial charge in [0, 0.05) is 11.6 Å². The minimum atomic E-state index is 0.382. The molecular formula is C13H27N. The van der Waals surface area contributed by atoms with E-state index in [0.717, 1.165) is 12.0 Å². The molecule has 1 aliphatic carbocycles. The Balaban J connectivity index is 2.37. The van der Waals surface area contributed by atoms with E-state index in [9.17, 15) is 0 Å². The molecule has 0 amide bonds. The smallest absolute Gasteiger partial charge is 0.0150 e. The largest absolute Gasteiger partial charge is 0.309 e. The molecule has 1 N–H and O–H groups in total. The molecule has 14 heavy (non-hydrogen) atoms. The third-order valence-electron chi connectivity index (χ3n) is 4.23. The van der Waals surface area contributed by atoms with Crippen LogP contribution in [0.15, 0.2) is 0 Å². The Hall–Kier alpha value is -0.0400. The van der Waals surface area contributed by atoms with Crippen molar-refractivity contribution in [3.63, 3.8) is 0 Å². The lowest BCUT2D eigenvalue weighted by atomic mass is 9.94. The highest BCUT2D eigenvalue weighted by Crippen LogP contribution is 2.30. The zero-order valence-electron chi connectivity index (χ0n) is 10.4. The van der Waals surface area contributed by atoms with Crippen LogP contribution >= 0.6 is 0 Å².